The van der Waals surface area contributed by atoms with Gasteiger partial charge in [-0.25, -0.2) is 4.98 Å². The van der Waals surface area contributed by atoms with Gasteiger partial charge in [0.1, 0.15) is 11.5 Å². The van der Waals surface area contributed by atoms with Crippen LogP contribution in [0.5, 0.6) is 0 Å². The first-order chi connectivity index (χ1) is 14.4. The third kappa shape index (κ3) is 5.88. The largest absolute Gasteiger partial charge is 0.417 e. The van der Waals surface area contributed by atoms with Gasteiger partial charge < -0.3 is 15.5 Å². The maximum atomic E-state index is 12.7. The fourth-order valence-corrected chi connectivity index (χ4v) is 3.10. The average molecular weight is 455 g/mol. The number of carbonyl (C=O) groups excluding carboxylic acids is 1. The van der Waals surface area contributed by atoms with Gasteiger partial charge in [0, 0.05) is 18.3 Å². The summed E-state index contributed by atoms with van der Waals surface area (Å²) in [6, 6.07) is 8.36. The Kier molecular flexibility index (Phi) is 6.45. The highest BCUT2D eigenvalue weighted by Gasteiger charge is 2.32. The molecule has 2 N–H and O–H groups in total. The summed E-state index contributed by atoms with van der Waals surface area (Å²) in [6.45, 7) is 6.48. The molecule has 0 radical (unpaired) electrons. The summed E-state index contributed by atoms with van der Waals surface area (Å²) >= 11 is 5.87. The van der Waals surface area contributed by atoms with E-state index in [2.05, 4.69) is 41.5 Å². The Hall–Kier alpha value is -2.81. The SMILES string of the molecule is CC(C)(C)c1ccc(NC(=O)C2=NO[C@@H](CNc3ncc(C(F)(F)F)cc3Cl)C2)cc1. The molecule has 3 rings (SSSR count). The fraction of sp³-hybridized carbons (Fsp3) is 0.381. The third-order valence-corrected chi connectivity index (χ3v) is 4.96. The zero-order valence-electron chi connectivity index (χ0n) is 17.2. The summed E-state index contributed by atoms with van der Waals surface area (Å²) in [5.41, 5.74) is 1.09. The number of rotatable bonds is 5. The highest BCUT2D eigenvalue weighted by molar-refractivity contribution is 6.43. The van der Waals surface area contributed by atoms with Crippen LogP contribution in [0.15, 0.2) is 41.7 Å². The molecule has 0 bridgehead atoms. The van der Waals surface area contributed by atoms with Gasteiger partial charge in [0.05, 0.1) is 17.1 Å². The lowest BCUT2D eigenvalue weighted by Gasteiger charge is -2.19. The Morgan fingerprint density at radius 1 is 1.19 bits per heavy atom. The maximum Gasteiger partial charge on any atom is 0.417 e. The predicted octanol–water partition coefficient (Wildman–Crippen LogP) is 5.25. The molecule has 0 saturated heterocycles. The van der Waals surface area contributed by atoms with Crippen LogP contribution in [0.4, 0.5) is 24.7 Å². The molecule has 0 spiro atoms. The van der Waals surface area contributed by atoms with Gasteiger partial charge in [-0.05, 0) is 29.2 Å². The molecule has 1 aliphatic rings. The van der Waals surface area contributed by atoms with E-state index in [1.54, 1.807) is 0 Å². The van der Waals surface area contributed by atoms with Gasteiger partial charge in [-0.15, -0.1) is 0 Å². The lowest BCUT2D eigenvalue weighted by molar-refractivity contribution is -0.137. The molecule has 0 unspecified atom stereocenters. The number of benzene rings is 1. The van der Waals surface area contributed by atoms with Crippen molar-refractivity contribution in [3.8, 4) is 0 Å². The topological polar surface area (TPSA) is 75.6 Å². The third-order valence-electron chi connectivity index (χ3n) is 4.67. The van der Waals surface area contributed by atoms with Crippen molar-refractivity contribution in [3.63, 3.8) is 0 Å². The number of carbonyl (C=O) groups is 1. The molecule has 1 aliphatic heterocycles. The molecule has 1 aromatic heterocycles. The molecule has 10 heteroatoms. The first-order valence-electron chi connectivity index (χ1n) is 9.54. The number of hydrogen-bond donors (Lipinski definition) is 2. The molecular formula is C21H22ClF3N4O2. The Morgan fingerprint density at radius 3 is 2.45 bits per heavy atom. The van der Waals surface area contributed by atoms with E-state index in [9.17, 15) is 18.0 Å². The van der Waals surface area contributed by atoms with E-state index >= 15 is 0 Å². The number of nitrogens with one attached hydrogen (secondary N) is 2. The van der Waals surface area contributed by atoms with Gasteiger partial charge in [0.2, 0.25) is 0 Å². The molecule has 31 heavy (non-hydrogen) atoms. The van der Waals surface area contributed by atoms with E-state index in [0.717, 1.165) is 11.6 Å². The van der Waals surface area contributed by atoms with Crippen molar-refractivity contribution in [3.05, 3.63) is 52.7 Å². The van der Waals surface area contributed by atoms with Crippen molar-refractivity contribution in [2.75, 3.05) is 17.2 Å². The molecule has 0 fully saturated rings. The second-order valence-electron chi connectivity index (χ2n) is 8.18. The summed E-state index contributed by atoms with van der Waals surface area (Å²) in [7, 11) is 0. The Balaban J connectivity index is 1.51. The molecule has 2 heterocycles. The molecule has 0 saturated carbocycles. The first-order valence-corrected chi connectivity index (χ1v) is 9.92. The number of halogens is 4. The van der Waals surface area contributed by atoms with Gasteiger partial charge >= 0.3 is 6.18 Å². The van der Waals surface area contributed by atoms with E-state index in [1.165, 1.54) is 0 Å². The number of alkyl halides is 3. The molecule has 166 valence electrons. The van der Waals surface area contributed by atoms with Crippen molar-refractivity contribution in [2.24, 2.45) is 5.16 Å². The number of hydrogen-bond acceptors (Lipinski definition) is 5. The smallest absolute Gasteiger partial charge is 0.390 e. The minimum Gasteiger partial charge on any atom is -0.390 e. The van der Waals surface area contributed by atoms with Crippen LogP contribution < -0.4 is 10.6 Å². The van der Waals surface area contributed by atoms with Crippen molar-refractivity contribution in [2.45, 2.75) is 44.9 Å². The van der Waals surface area contributed by atoms with Gasteiger partial charge in [-0.2, -0.15) is 13.2 Å². The number of aromatic nitrogens is 1. The second kappa shape index (κ2) is 8.74. The van der Waals surface area contributed by atoms with Gasteiger partial charge in [-0.3, -0.25) is 4.79 Å². The first kappa shape index (κ1) is 22.9. The highest BCUT2D eigenvalue weighted by Crippen LogP contribution is 2.32. The molecule has 2 aromatic rings. The van der Waals surface area contributed by atoms with Crippen molar-refractivity contribution < 1.29 is 22.8 Å². The van der Waals surface area contributed by atoms with E-state index < -0.39 is 17.8 Å². The van der Waals surface area contributed by atoms with Crippen LogP contribution in [0.3, 0.4) is 0 Å². The molecule has 1 amide bonds. The van der Waals surface area contributed by atoms with Crippen LogP contribution in [0.25, 0.3) is 0 Å². The van der Waals surface area contributed by atoms with E-state index in [-0.39, 0.29) is 40.8 Å². The molecule has 1 aromatic carbocycles. The second-order valence-corrected chi connectivity index (χ2v) is 8.59. The summed E-state index contributed by atoms with van der Waals surface area (Å²) < 4.78 is 38.1. The predicted molar refractivity (Wildman–Crippen MR) is 113 cm³/mol. The number of amides is 1. The Labute approximate surface area is 182 Å². The molecule has 0 aliphatic carbocycles. The molecule has 6 nitrogen and oxygen atoms in total. The van der Waals surface area contributed by atoms with E-state index in [0.29, 0.717) is 11.9 Å². The Bertz CT molecular complexity index is 986. The standard InChI is InChI=1S/C21H22ClF3N4O2/c1-20(2,3)12-4-6-14(7-5-12)28-19(30)17-9-15(31-29-17)11-27-18-16(22)8-13(10-26-18)21(23,24)25/h4-8,10,15H,9,11H2,1-3H3,(H,26,27)(H,28,30)/t15-/m1/s1. The number of pyridine rings is 1. The van der Waals surface area contributed by atoms with E-state index in [1.807, 2.05) is 24.3 Å². The Morgan fingerprint density at radius 2 is 1.87 bits per heavy atom. The highest BCUT2D eigenvalue weighted by atomic mass is 35.5. The van der Waals surface area contributed by atoms with Crippen LogP contribution in [0.2, 0.25) is 5.02 Å². The lowest BCUT2D eigenvalue weighted by atomic mass is 9.87. The van der Waals surface area contributed by atoms with Crippen LogP contribution in [0, 0.1) is 0 Å². The number of anilines is 2. The van der Waals surface area contributed by atoms with Gasteiger partial charge in [-0.1, -0.05) is 49.7 Å². The fourth-order valence-electron chi connectivity index (χ4n) is 2.86. The maximum absolute atomic E-state index is 12.7. The zero-order valence-corrected chi connectivity index (χ0v) is 17.9. The summed E-state index contributed by atoms with van der Waals surface area (Å²) in [5, 5.41) is 9.25. The van der Waals surface area contributed by atoms with Crippen LogP contribution in [-0.4, -0.2) is 29.3 Å². The van der Waals surface area contributed by atoms with Crippen molar-refractivity contribution >= 4 is 34.7 Å². The van der Waals surface area contributed by atoms with Gasteiger partial charge in [0.25, 0.3) is 5.91 Å². The lowest BCUT2D eigenvalue weighted by Crippen LogP contribution is -2.26. The van der Waals surface area contributed by atoms with Crippen molar-refractivity contribution in [1.29, 1.82) is 0 Å². The summed E-state index contributed by atoms with van der Waals surface area (Å²) in [5.74, 6) is -0.285. The quantitative estimate of drug-likeness (QED) is 0.647. The van der Waals surface area contributed by atoms with Gasteiger partial charge in [0.15, 0.2) is 6.10 Å². The monoisotopic (exact) mass is 454 g/mol. The van der Waals surface area contributed by atoms with Crippen molar-refractivity contribution in [1.82, 2.24) is 4.98 Å². The number of oxime groups is 1. The zero-order chi connectivity index (χ0) is 22.8. The average Bonchev–Trinajstić information content (AvgIpc) is 3.15. The van der Waals surface area contributed by atoms with Crippen LogP contribution in [-0.2, 0) is 21.2 Å². The molecular weight excluding hydrogens is 433 g/mol. The minimum atomic E-state index is -4.52. The van der Waals surface area contributed by atoms with Crippen LogP contribution in [0.1, 0.15) is 38.3 Å². The normalized spacial score (nSPS) is 16.5. The minimum absolute atomic E-state index is 0.0109. The molecule has 1 atom stereocenters. The summed E-state index contributed by atoms with van der Waals surface area (Å²) in [6.07, 6.45) is -4.07. The van der Waals surface area contributed by atoms with Crippen LogP contribution >= 0.6 is 11.6 Å². The van der Waals surface area contributed by atoms with E-state index in [4.69, 9.17) is 16.4 Å². The summed E-state index contributed by atoms with van der Waals surface area (Å²) in [4.78, 5) is 21.4. The number of nitrogens with zero attached hydrogens (tertiary/aromatic N) is 2.